The number of carboxylic acid groups (broad SMARTS) is 1. The number of ether oxygens (including phenoxy) is 1. The number of carbonyl (C=O) groups is 2. The third kappa shape index (κ3) is 2.53. The maximum Gasteiger partial charge on any atom is 0.407 e. The van der Waals surface area contributed by atoms with Crippen LogP contribution in [0, 0.1) is 5.92 Å². The molecular formula is C12H19NO4. The van der Waals surface area contributed by atoms with Crippen molar-refractivity contribution in [3.05, 3.63) is 0 Å². The first kappa shape index (κ1) is 12.2. The van der Waals surface area contributed by atoms with Crippen molar-refractivity contribution in [1.29, 1.82) is 0 Å². The molecule has 0 radical (unpaired) electrons. The lowest BCUT2D eigenvalue weighted by atomic mass is 9.88. The lowest BCUT2D eigenvalue weighted by Crippen LogP contribution is -2.46. The number of fused-ring (bicyclic) bond motifs is 2. The van der Waals surface area contributed by atoms with Crippen molar-refractivity contribution in [2.24, 2.45) is 5.92 Å². The van der Waals surface area contributed by atoms with E-state index in [1.54, 1.807) is 11.8 Å². The van der Waals surface area contributed by atoms with E-state index in [9.17, 15) is 9.59 Å². The minimum Gasteiger partial charge on any atom is -0.466 e. The van der Waals surface area contributed by atoms with E-state index >= 15 is 0 Å². The lowest BCUT2D eigenvalue weighted by Gasteiger charge is -2.36. The normalized spacial score (nSPS) is 31.4. The molecule has 2 atom stereocenters. The third-order valence-corrected chi connectivity index (χ3v) is 3.81. The maximum atomic E-state index is 11.4. The van der Waals surface area contributed by atoms with Gasteiger partial charge in [-0.15, -0.1) is 0 Å². The van der Waals surface area contributed by atoms with Gasteiger partial charge in [0.25, 0.3) is 0 Å². The summed E-state index contributed by atoms with van der Waals surface area (Å²) < 4.78 is 4.94. The second kappa shape index (κ2) is 4.94. The molecule has 2 fully saturated rings. The molecule has 1 amide bonds. The van der Waals surface area contributed by atoms with Gasteiger partial charge < -0.3 is 14.7 Å². The molecule has 1 N–H and O–H groups in total. The largest absolute Gasteiger partial charge is 0.466 e. The Bertz CT molecular complexity index is 304. The van der Waals surface area contributed by atoms with E-state index in [0.717, 1.165) is 25.7 Å². The molecule has 0 aliphatic carbocycles. The Labute approximate surface area is 101 Å². The van der Waals surface area contributed by atoms with Gasteiger partial charge in [0.05, 0.1) is 6.61 Å². The van der Waals surface area contributed by atoms with Crippen LogP contribution in [0.4, 0.5) is 4.79 Å². The summed E-state index contributed by atoms with van der Waals surface area (Å²) in [7, 11) is 0. The summed E-state index contributed by atoms with van der Waals surface area (Å²) in [4.78, 5) is 24.1. The van der Waals surface area contributed by atoms with Gasteiger partial charge in [-0.3, -0.25) is 4.79 Å². The van der Waals surface area contributed by atoms with Crippen molar-refractivity contribution < 1.29 is 19.4 Å². The van der Waals surface area contributed by atoms with Crippen LogP contribution in [0.15, 0.2) is 0 Å². The Morgan fingerprint density at radius 2 is 1.88 bits per heavy atom. The van der Waals surface area contributed by atoms with Crippen molar-refractivity contribution in [3.63, 3.8) is 0 Å². The van der Waals surface area contributed by atoms with Crippen LogP contribution in [0.3, 0.4) is 0 Å². The predicted octanol–water partition coefficient (Wildman–Crippen LogP) is 1.86. The number of esters is 1. The first-order chi connectivity index (χ1) is 8.11. The Morgan fingerprint density at radius 3 is 2.35 bits per heavy atom. The fraction of sp³-hybridized carbons (Fsp3) is 0.833. The van der Waals surface area contributed by atoms with Crippen LogP contribution >= 0.6 is 0 Å². The van der Waals surface area contributed by atoms with Gasteiger partial charge >= 0.3 is 12.1 Å². The molecular weight excluding hydrogens is 222 g/mol. The SMILES string of the molecule is CCOC(=O)CC1CC2CCC(C1)N2C(=O)O. The highest BCUT2D eigenvalue weighted by molar-refractivity contribution is 5.70. The zero-order valence-electron chi connectivity index (χ0n) is 10.1. The Morgan fingerprint density at radius 1 is 1.29 bits per heavy atom. The molecule has 0 aromatic heterocycles. The molecule has 5 heteroatoms. The first-order valence-electron chi connectivity index (χ1n) is 6.28. The fourth-order valence-electron chi connectivity index (χ4n) is 3.22. The van der Waals surface area contributed by atoms with Gasteiger partial charge in [-0.2, -0.15) is 0 Å². The summed E-state index contributed by atoms with van der Waals surface area (Å²) in [5.74, 6) is 0.142. The summed E-state index contributed by atoms with van der Waals surface area (Å²) >= 11 is 0. The van der Waals surface area contributed by atoms with E-state index < -0.39 is 6.09 Å². The number of hydrogen-bond donors (Lipinski definition) is 1. The highest BCUT2D eigenvalue weighted by Gasteiger charge is 2.43. The third-order valence-electron chi connectivity index (χ3n) is 3.81. The van der Waals surface area contributed by atoms with Crippen molar-refractivity contribution in [2.75, 3.05) is 6.61 Å². The number of piperidine rings is 1. The maximum absolute atomic E-state index is 11.4. The average molecular weight is 241 g/mol. The number of hydrogen-bond acceptors (Lipinski definition) is 3. The van der Waals surface area contributed by atoms with Crippen molar-refractivity contribution in [2.45, 2.75) is 51.1 Å². The molecule has 96 valence electrons. The zero-order valence-corrected chi connectivity index (χ0v) is 10.1. The quantitative estimate of drug-likeness (QED) is 0.766. The molecule has 2 saturated heterocycles. The molecule has 17 heavy (non-hydrogen) atoms. The second-order valence-electron chi connectivity index (χ2n) is 4.92. The summed E-state index contributed by atoms with van der Waals surface area (Å²) in [5.41, 5.74) is 0. The van der Waals surface area contributed by atoms with E-state index in [1.165, 1.54) is 0 Å². The second-order valence-corrected chi connectivity index (χ2v) is 4.92. The molecule has 0 spiro atoms. The molecule has 2 heterocycles. The molecule has 2 unspecified atom stereocenters. The minimum absolute atomic E-state index is 0.116. The number of nitrogens with zero attached hydrogens (tertiary/aromatic N) is 1. The molecule has 0 aromatic rings. The smallest absolute Gasteiger partial charge is 0.407 e. The summed E-state index contributed by atoms with van der Waals surface area (Å²) in [6.07, 6.45) is 3.12. The van der Waals surface area contributed by atoms with Crippen LogP contribution in [0.25, 0.3) is 0 Å². The van der Waals surface area contributed by atoms with Gasteiger partial charge in [0.15, 0.2) is 0 Å². The van der Waals surface area contributed by atoms with Crippen LogP contribution in [0.2, 0.25) is 0 Å². The Balaban J connectivity index is 1.91. The summed E-state index contributed by atoms with van der Waals surface area (Å²) in [6.45, 7) is 2.22. The minimum atomic E-state index is -0.813. The zero-order chi connectivity index (χ0) is 12.4. The highest BCUT2D eigenvalue weighted by atomic mass is 16.5. The van der Waals surface area contributed by atoms with E-state index in [-0.39, 0.29) is 18.1 Å². The van der Waals surface area contributed by atoms with Crippen molar-refractivity contribution in [1.82, 2.24) is 4.90 Å². The lowest BCUT2D eigenvalue weighted by molar-refractivity contribution is -0.144. The molecule has 2 aliphatic rings. The first-order valence-corrected chi connectivity index (χ1v) is 6.28. The van der Waals surface area contributed by atoms with Crippen LogP contribution in [-0.2, 0) is 9.53 Å². The van der Waals surface area contributed by atoms with Gasteiger partial charge in [-0.1, -0.05) is 0 Å². The fourth-order valence-corrected chi connectivity index (χ4v) is 3.22. The van der Waals surface area contributed by atoms with Gasteiger partial charge in [0.2, 0.25) is 0 Å². The molecule has 2 bridgehead atoms. The summed E-state index contributed by atoms with van der Waals surface area (Å²) in [5, 5.41) is 9.11. The van der Waals surface area contributed by atoms with Gasteiger partial charge in [0, 0.05) is 18.5 Å². The highest BCUT2D eigenvalue weighted by Crippen LogP contribution is 2.39. The van der Waals surface area contributed by atoms with Crippen LogP contribution in [0.1, 0.15) is 39.0 Å². The average Bonchev–Trinajstić information content (AvgIpc) is 2.51. The van der Waals surface area contributed by atoms with Gasteiger partial charge in [-0.05, 0) is 38.5 Å². The van der Waals surface area contributed by atoms with Crippen LogP contribution in [0.5, 0.6) is 0 Å². The molecule has 0 aromatic carbocycles. The van der Waals surface area contributed by atoms with E-state index in [1.807, 2.05) is 0 Å². The van der Waals surface area contributed by atoms with Crippen molar-refractivity contribution in [3.8, 4) is 0 Å². The number of carbonyl (C=O) groups excluding carboxylic acids is 1. The monoisotopic (exact) mass is 241 g/mol. The standard InChI is InChI=1S/C12H19NO4/c1-2-17-11(14)7-8-5-9-3-4-10(6-8)13(9)12(15)16/h8-10H,2-7H2,1H3,(H,15,16). The molecule has 2 aliphatic heterocycles. The summed E-state index contributed by atoms with van der Waals surface area (Å²) in [6, 6.07) is 0.233. The molecule has 0 saturated carbocycles. The molecule has 2 rings (SSSR count). The predicted molar refractivity (Wildman–Crippen MR) is 60.6 cm³/mol. The van der Waals surface area contributed by atoms with Crippen LogP contribution in [-0.4, -0.2) is 40.8 Å². The van der Waals surface area contributed by atoms with Gasteiger partial charge in [-0.25, -0.2) is 4.79 Å². The number of amides is 1. The van der Waals surface area contributed by atoms with Crippen molar-refractivity contribution >= 4 is 12.1 Å². The van der Waals surface area contributed by atoms with Gasteiger partial charge in [0.1, 0.15) is 0 Å². The Kier molecular flexibility index (Phi) is 3.54. The molecule has 5 nitrogen and oxygen atoms in total. The van der Waals surface area contributed by atoms with E-state index in [4.69, 9.17) is 9.84 Å². The van der Waals surface area contributed by atoms with E-state index in [0.29, 0.717) is 18.9 Å². The topological polar surface area (TPSA) is 66.8 Å². The Hall–Kier alpha value is -1.26. The van der Waals surface area contributed by atoms with E-state index in [2.05, 4.69) is 0 Å². The number of rotatable bonds is 3. The van der Waals surface area contributed by atoms with Crippen LogP contribution < -0.4 is 0 Å².